The molecule has 1 atom stereocenters. The smallest absolute Gasteiger partial charge is 0.321 e. The summed E-state index contributed by atoms with van der Waals surface area (Å²) < 4.78 is 0. The molecule has 1 rings (SSSR count). The Bertz CT molecular complexity index is 466. The van der Waals surface area contributed by atoms with Gasteiger partial charge in [-0.1, -0.05) is 0 Å². The number of carbonyl (C=O) groups excluding carboxylic acids is 1. The molecule has 19 heavy (non-hydrogen) atoms. The first-order valence-corrected chi connectivity index (χ1v) is 5.66. The predicted molar refractivity (Wildman–Crippen MR) is 79.0 cm³/mol. The molecule has 0 radical (unpaired) electrons. The van der Waals surface area contributed by atoms with Gasteiger partial charge in [-0.05, 0) is 56.1 Å². The van der Waals surface area contributed by atoms with Gasteiger partial charge in [0.25, 0.3) is 0 Å². The molecule has 0 aromatic heterocycles. The Morgan fingerprint density at radius 3 is 2.11 bits per heavy atom. The third kappa shape index (κ3) is 4.25. The van der Waals surface area contributed by atoms with Crippen LogP contribution in [-0.2, 0) is 11.2 Å². The molecule has 1 aromatic rings. The van der Waals surface area contributed by atoms with Crippen LogP contribution in [0.25, 0.3) is 0 Å². The lowest BCUT2D eigenvalue weighted by molar-refractivity contribution is -0.139. The van der Waals surface area contributed by atoms with Crippen LogP contribution in [0.15, 0.2) is 12.1 Å². The zero-order chi connectivity index (χ0) is 13.9. The van der Waals surface area contributed by atoms with Gasteiger partial charge in [0.1, 0.15) is 6.04 Å². The van der Waals surface area contributed by atoms with Crippen LogP contribution in [0.4, 0.5) is 0 Å². The minimum Gasteiger partial charge on any atom is -0.480 e. The summed E-state index contributed by atoms with van der Waals surface area (Å²) in [5.74, 6) is -1.37. The largest absolute Gasteiger partial charge is 0.480 e. The number of nitrogens with one attached hydrogen (secondary N) is 1. The fourth-order valence-electron chi connectivity index (χ4n) is 1.97. The third-order valence-corrected chi connectivity index (χ3v) is 3.04. The molecule has 0 saturated heterocycles. The number of hydrogen-bond acceptors (Lipinski definition) is 3. The fourth-order valence-corrected chi connectivity index (χ4v) is 1.97. The Kier molecular flexibility index (Phi) is 6.58. The molecule has 0 aliphatic carbocycles. The molecule has 0 heterocycles. The van der Waals surface area contributed by atoms with E-state index in [1.165, 1.54) is 0 Å². The van der Waals surface area contributed by atoms with Gasteiger partial charge in [-0.15, -0.1) is 0 Å². The predicted octanol–water partition coefficient (Wildman–Crippen LogP) is 0.730. The lowest BCUT2D eigenvalue weighted by Gasteiger charge is -2.16. The zero-order valence-corrected chi connectivity index (χ0v) is 12.3. The number of carboxylic acids is 1. The van der Waals surface area contributed by atoms with E-state index in [2.05, 4.69) is 5.32 Å². The molecule has 1 aromatic carbocycles. The maximum atomic E-state index is 11.1. The van der Waals surface area contributed by atoms with Crippen LogP contribution in [0.1, 0.15) is 27.0 Å². The maximum Gasteiger partial charge on any atom is 0.321 e. The van der Waals surface area contributed by atoms with Crippen LogP contribution < -0.4 is 11.1 Å². The number of primary amides is 1. The Hall–Kier alpha value is -1.53. The lowest BCUT2D eigenvalue weighted by atomic mass is 9.94. The van der Waals surface area contributed by atoms with E-state index in [4.69, 9.17) is 10.8 Å². The summed E-state index contributed by atoms with van der Waals surface area (Å²) in [6, 6.07) is 2.75. The summed E-state index contributed by atoms with van der Waals surface area (Å²) in [4.78, 5) is 22.1. The van der Waals surface area contributed by atoms with Crippen LogP contribution >= 0.6 is 13.5 Å². The van der Waals surface area contributed by atoms with E-state index in [0.29, 0.717) is 12.0 Å². The van der Waals surface area contributed by atoms with E-state index < -0.39 is 17.9 Å². The van der Waals surface area contributed by atoms with Crippen molar-refractivity contribution >= 4 is 25.4 Å². The average Bonchev–Trinajstić information content (AvgIpc) is 2.27. The Morgan fingerprint density at radius 2 is 1.79 bits per heavy atom. The molecule has 0 bridgehead atoms. The molecule has 0 fully saturated rings. The Morgan fingerprint density at radius 1 is 1.32 bits per heavy atom. The highest BCUT2D eigenvalue weighted by Crippen LogP contribution is 2.18. The number of rotatable bonds is 5. The Labute approximate surface area is 119 Å². The minimum atomic E-state index is -0.893. The first kappa shape index (κ1) is 17.5. The van der Waals surface area contributed by atoms with E-state index in [9.17, 15) is 9.59 Å². The molecule has 0 saturated carbocycles. The van der Waals surface area contributed by atoms with Crippen LogP contribution in [-0.4, -0.2) is 30.1 Å². The van der Waals surface area contributed by atoms with E-state index in [1.807, 2.05) is 13.8 Å². The third-order valence-electron chi connectivity index (χ3n) is 3.04. The van der Waals surface area contributed by atoms with Crippen molar-refractivity contribution in [3.63, 3.8) is 0 Å². The van der Waals surface area contributed by atoms with Crippen molar-refractivity contribution in [2.45, 2.75) is 26.3 Å². The molecular formula is C13H20N2O3S. The van der Waals surface area contributed by atoms with E-state index in [-0.39, 0.29) is 13.5 Å². The molecule has 0 unspecified atom stereocenters. The van der Waals surface area contributed by atoms with Crippen LogP contribution in [0.2, 0.25) is 0 Å². The van der Waals surface area contributed by atoms with Crippen LogP contribution in [0, 0.1) is 13.8 Å². The van der Waals surface area contributed by atoms with Gasteiger partial charge in [-0.2, -0.15) is 13.5 Å². The van der Waals surface area contributed by atoms with Gasteiger partial charge in [-0.3, -0.25) is 9.59 Å². The van der Waals surface area contributed by atoms with Crippen molar-refractivity contribution in [3.05, 3.63) is 34.4 Å². The van der Waals surface area contributed by atoms with Gasteiger partial charge in [0, 0.05) is 5.56 Å². The van der Waals surface area contributed by atoms with Crippen LogP contribution in [0.5, 0.6) is 0 Å². The van der Waals surface area contributed by atoms with Gasteiger partial charge >= 0.3 is 5.97 Å². The first-order valence-electron chi connectivity index (χ1n) is 5.66. The van der Waals surface area contributed by atoms with Crippen molar-refractivity contribution < 1.29 is 14.7 Å². The van der Waals surface area contributed by atoms with Gasteiger partial charge in [0.15, 0.2) is 0 Å². The van der Waals surface area contributed by atoms with E-state index >= 15 is 0 Å². The van der Waals surface area contributed by atoms with Crippen molar-refractivity contribution in [1.29, 1.82) is 0 Å². The molecule has 4 N–H and O–H groups in total. The summed E-state index contributed by atoms with van der Waals surface area (Å²) in [6.07, 6.45) is 0.378. The minimum absolute atomic E-state index is 0. The zero-order valence-electron chi connectivity index (χ0n) is 11.3. The van der Waals surface area contributed by atoms with E-state index in [0.717, 1.165) is 16.7 Å². The number of carboxylic acid groups (broad SMARTS) is 1. The van der Waals surface area contributed by atoms with Gasteiger partial charge < -0.3 is 16.2 Å². The second-order valence-electron chi connectivity index (χ2n) is 4.34. The SMILES string of the molecule is CN[C@@H](Cc1c(C)cc(C(N)=O)cc1C)C(=O)O.S. The standard InChI is InChI=1S/C13H18N2O3.H2S/c1-7-4-9(12(14)16)5-8(2)10(7)6-11(15-3)13(17)18;/h4-5,11,15H,6H2,1-3H3,(H2,14,16)(H,17,18);1H2/t11-;/m0./s1. The monoisotopic (exact) mass is 284 g/mol. The maximum absolute atomic E-state index is 11.1. The normalized spacial score (nSPS) is 11.5. The Balaban J connectivity index is 0.00000324. The quantitative estimate of drug-likeness (QED) is 0.743. The summed E-state index contributed by atoms with van der Waals surface area (Å²) in [7, 11) is 1.61. The number of carbonyl (C=O) groups is 2. The number of amides is 1. The van der Waals surface area contributed by atoms with E-state index in [1.54, 1.807) is 19.2 Å². The summed E-state index contributed by atoms with van der Waals surface area (Å²) >= 11 is 0. The van der Waals surface area contributed by atoms with Crippen molar-refractivity contribution in [1.82, 2.24) is 5.32 Å². The summed E-state index contributed by atoms with van der Waals surface area (Å²) in [5, 5.41) is 11.8. The number of nitrogens with two attached hydrogens (primary N) is 1. The van der Waals surface area contributed by atoms with Gasteiger partial charge in [0.2, 0.25) is 5.91 Å². The molecule has 0 aliphatic rings. The number of likely N-dealkylation sites (N-methyl/N-ethyl adjacent to an activating group) is 1. The first-order chi connectivity index (χ1) is 8.36. The van der Waals surface area contributed by atoms with Gasteiger partial charge in [-0.25, -0.2) is 0 Å². The second-order valence-corrected chi connectivity index (χ2v) is 4.34. The fraction of sp³-hybridized carbons (Fsp3) is 0.385. The molecule has 1 amide bonds. The molecule has 6 heteroatoms. The molecule has 0 spiro atoms. The highest BCUT2D eigenvalue weighted by molar-refractivity contribution is 7.59. The van der Waals surface area contributed by atoms with Crippen molar-refractivity contribution in [2.24, 2.45) is 5.73 Å². The average molecular weight is 284 g/mol. The highest BCUT2D eigenvalue weighted by Gasteiger charge is 2.18. The molecule has 5 nitrogen and oxygen atoms in total. The summed E-state index contributed by atoms with van der Waals surface area (Å²) in [6.45, 7) is 3.70. The number of aliphatic carboxylic acids is 1. The lowest BCUT2D eigenvalue weighted by Crippen LogP contribution is -2.36. The number of benzene rings is 1. The molecule has 0 aliphatic heterocycles. The number of aryl methyl sites for hydroxylation is 2. The van der Waals surface area contributed by atoms with Gasteiger partial charge in [0.05, 0.1) is 0 Å². The molecular weight excluding hydrogens is 264 g/mol. The second kappa shape index (κ2) is 7.16. The topological polar surface area (TPSA) is 92.4 Å². The van der Waals surface area contributed by atoms with Crippen LogP contribution in [0.3, 0.4) is 0 Å². The number of hydrogen-bond donors (Lipinski definition) is 3. The summed E-state index contributed by atoms with van der Waals surface area (Å²) in [5.41, 5.74) is 8.37. The molecule has 106 valence electrons. The van der Waals surface area contributed by atoms with Crippen molar-refractivity contribution in [2.75, 3.05) is 7.05 Å². The van der Waals surface area contributed by atoms with Crippen molar-refractivity contribution in [3.8, 4) is 0 Å². The highest BCUT2D eigenvalue weighted by atomic mass is 32.1.